The van der Waals surface area contributed by atoms with E-state index in [-0.39, 0.29) is 5.63 Å². The monoisotopic (exact) mass is 378 g/mol. The molecule has 140 valence electrons. The lowest BCUT2D eigenvalue weighted by Gasteiger charge is -2.04. The molecule has 4 heteroatoms. The number of nitrogens with zero attached hydrogens (tertiary/aromatic N) is 2. The van der Waals surface area contributed by atoms with Crippen LogP contribution in [0.4, 0.5) is 0 Å². The molecule has 0 saturated heterocycles. The lowest BCUT2D eigenvalue weighted by atomic mass is 10.0. The van der Waals surface area contributed by atoms with Gasteiger partial charge in [0, 0.05) is 34.8 Å². The van der Waals surface area contributed by atoms with E-state index in [1.54, 1.807) is 0 Å². The van der Waals surface area contributed by atoms with Gasteiger partial charge in [-0.2, -0.15) is 5.10 Å². The summed E-state index contributed by atoms with van der Waals surface area (Å²) in [6, 6.07) is 27.7. The van der Waals surface area contributed by atoms with Crippen LogP contribution in [-0.2, 0) is 0 Å². The Morgan fingerprint density at radius 2 is 1.52 bits per heavy atom. The zero-order valence-electron chi connectivity index (χ0n) is 15.9. The molecule has 0 aliphatic carbocycles. The summed E-state index contributed by atoms with van der Waals surface area (Å²) in [6.45, 7) is 1.91. The zero-order chi connectivity index (χ0) is 19.8. The summed E-state index contributed by atoms with van der Waals surface area (Å²) in [7, 11) is 0. The fourth-order valence-corrected chi connectivity index (χ4v) is 3.60. The molecule has 0 N–H and O–H groups in total. The molecule has 0 bridgehead atoms. The largest absolute Gasteiger partial charge is 0.423 e. The average Bonchev–Trinajstić information content (AvgIpc) is 3.20. The summed E-state index contributed by atoms with van der Waals surface area (Å²) >= 11 is 0. The summed E-state index contributed by atoms with van der Waals surface area (Å²) in [5.74, 6) is 0. The summed E-state index contributed by atoms with van der Waals surface area (Å²) in [4.78, 5) is 11.8. The molecule has 0 saturated carbocycles. The summed E-state index contributed by atoms with van der Waals surface area (Å²) in [5.41, 5.74) is 6.05. The smallest absolute Gasteiger partial charge is 0.336 e. The van der Waals surface area contributed by atoms with E-state index >= 15 is 0 Å². The average molecular weight is 378 g/mol. The standard InChI is InChI=1S/C25H18N2O2/c1-17-14-24(28)29-23-15-20(12-13-21(17)23)27-16-22(18-8-4-2-5-9-18)25(26-27)19-10-6-3-7-11-19/h2-16H,1H3. The van der Waals surface area contributed by atoms with Crippen LogP contribution in [-0.4, -0.2) is 9.78 Å². The molecule has 0 fully saturated rings. The van der Waals surface area contributed by atoms with Crippen molar-refractivity contribution in [2.45, 2.75) is 6.92 Å². The van der Waals surface area contributed by atoms with E-state index < -0.39 is 0 Å². The van der Waals surface area contributed by atoms with Crippen molar-refractivity contribution in [1.29, 1.82) is 0 Å². The Morgan fingerprint density at radius 3 is 2.24 bits per heavy atom. The van der Waals surface area contributed by atoms with Gasteiger partial charge in [0.15, 0.2) is 0 Å². The van der Waals surface area contributed by atoms with Gasteiger partial charge in [0.1, 0.15) is 11.3 Å². The van der Waals surface area contributed by atoms with E-state index in [4.69, 9.17) is 9.52 Å². The van der Waals surface area contributed by atoms with E-state index in [0.29, 0.717) is 5.58 Å². The fraction of sp³-hybridized carbons (Fsp3) is 0.0400. The first-order valence-corrected chi connectivity index (χ1v) is 9.44. The van der Waals surface area contributed by atoms with E-state index in [1.165, 1.54) is 6.07 Å². The maximum absolute atomic E-state index is 11.8. The highest BCUT2D eigenvalue weighted by Gasteiger charge is 2.14. The van der Waals surface area contributed by atoms with Gasteiger partial charge in [0.05, 0.1) is 5.69 Å². The molecule has 0 spiro atoms. The Hall–Kier alpha value is -3.92. The highest BCUT2D eigenvalue weighted by Crippen LogP contribution is 2.32. The topological polar surface area (TPSA) is 48.0 Å². The molecule has 3 aromatic carbocycles. The molecule has 4 nitrogen and oxygen atoms in total. The summed E-state index contributed by atoms with van der Waals surface area (Å²) in [5, 5.41) is 5.80. The molecule has 0 atom stereocenters. The van der Waals surface area contributed by atoms with Crippen molar-refractivity contribution >= 4 is 11.0 Å². The fourth-order valence-electron chi connectivity index (χ4n) is 3.60. The molecule has 2 aromatic heterocycles. The van der Waals surface area contributed by atoms with E-state index in [1.807, 2.05) is 72.4 Å². The predicted molar refractivity (Wildman–Crippen MR) is 115 cm³/mol. The quantitative estimate of drug-likeness (QED) is 0.383. The second-order valence-corrected chi connectivity index (χ2v) is 7.00. The Labute approximate surface area is 167 Å². The molecule has 2 heterocycles. The summed E-state index contributed by atoms with van der Waals surface area (Å²) in [6.07, 6.45) is 2.02. The lowest BCUT2D eigenvalue weighted by molar-refractivity contribution is 0.559. The molecule has 0 radical (unpaired) electrons. The molecule has 0 aliphatic rings. The van der Waals surface area contributed by atoms with Gasteiger partial charge >= 0.3 is 5.63 Å². The van der Waals surface area contributed by atoms with Crippen molar-refractivity contribution in [3.05, 3.63) is 107 Å². The molecule has 5 aromatic rings. The normalized spacial score (nSPS) is 11.1. The first-order chi connectivity index (χ1) is 14.2. The third-order valence-corrected chi connectivity index (χ3v) is 5.05. The molecule has 0 unspecified atom stereocenters. The Morgan fingerprint density at radius 1 is 0.828 bits per heavy atom. The van der Waals surface area contributed by atoms with Crippen LogP contribution in [0.25, 0.3) is 39.0 Å². The Bertz CT molecular complexity index is 1310. The second-order valence-electron chi connectivity index (χ2n) is 7.00. The third kappa shape index (κ3) is 3.15. The van der Waals surface area contributed by atoms with Gasteiger partial charge in [-0.05, 0) is 30.2 Å². The van der Waals surface area contributed by atoms with Crippen molar-refractivity contribution in [1.82, 2.24) is 9.78 Å². The van der Waals surface area contributed by atoms with Crippen LogP contribution in [0, 0.1) is 6.92 Å². The number of fused-ring (bicyclic) bond motifs is 1. The minimum absolute atomic E-state index is 0.345. The van der Waals surface area contributed by atoms with Gasteiger partial charge in [0.2, 0.25) is 0 Å². The van der Waals surface area contributed by atoms with Crippen LogP contribution in [0.1, 0.15) is 5.56 Å². The van der Waals surface area contributed by atoms with Crippen LogP contribution >= 0.6 is 0 Å². The zero-order valence-corrected chi connectivity index (χ0v) is 15.9. The third-order valence-electron chi connectivity index (χ3n) is 5.05. The molecule has 5 rings (SSSR count). The van der Waals surface area contributed by atoms with Gasteiger partial charge in [0.25, 0.3) is 0 Å². The van der Waals surface area contributed by atoms with Crippen LogP contribution in [0.2, 0.25) is 0 Å². The van der Waals surface area contributed by atoms with Gasteiger partial charge in [-0.1, -0.05) is 60.7 Å². The number of hydrogen-bond donors (Lipinski definition) is 0. The maximum atomic E-state index is 11.8. The number of aromatic nitrogens is 2. The van der Waals surface area contributed by atoms with E-state index in [2.05, 4.69) is 24.3 Å². The van der Waals surface area contributed by atoms with Crippen molar-refractivity contribution in [3.8, 4) is 28.1 Å². The molecule has 0 amide bonds. The Kier molecular flexibility index (Phi) is 4.10. The van der Waals surface area contributed by atoms with Gasteiger partial charge in [-0.25, -0.2) is 9.48 Å². The Balaban J connectivity index is 1.71. The van der Waals surface area contributed by atoms with Crippen LogP contribution in [0.5, 0.6) is 0 Å². The SMILES string of the molecule is Cc1cc(=O)oc2cc(-n3cc(-c4ccccc4)c(-c4ccccc4)n3)ccc12. The highest BCUT2D eigenvalue weighted by molar-refractivity contribution is 5.83. The van der Waals surface area contributed by atoms with Crippen molar-refractivity contribution in [2.24, 2.45) is 0 Å². The van der Waals surface area contributed by atoms with E-state index in [9.17, 15) is 4.79 Å². The van der Waals surface area contributed by atoms with Crippen molar-refractivity contribution < 1.29 is 4.42 Å². The minimum Gasteiger partial charge on any atom is -0.423 e. The number of rotatable bonds is 3. The second kappa shape index (κ2) is 6.91. The first-order valence-electron chi connectivity index (χ1n) is 9.44. The lowest BCUT2D eigenvalue weighted by Crippen LogP contribution is -2.00. The van der Waals surface area contributed by atoms with Crippen LogP contribution in [0.15, 0.2) is 100 Å². The van der Waals surface area contributed by atoms with Crippen molar-refractivity contribution in [3.63, 3.8) is 0 Å². The van der Waals surface area contributed by atoms with Crippen LogP contribution in [0.3, 0.4) is 0 Å². The molecular weight excluding hydrogens is 360 g/mol. The first kappa shape index (κ1) is 17.2. The maximum Gasteiger partial charge on any atom is 0.336 e. The molecule has 29 heavy (non-hydrogen) atoms. The van der Waals surface area contributed by atoms with Crippen molar-refractivity contribution in [2.75, 3.05) is 0 Å². The predicted octanol–water partition coefficient (Wildman–Crippen LogP) is 5.62. The van der Waals surface area contributed by atoms with Crippen LogP contribution < -0.4 is 5.63 Å². The molecule has 0 aliphatic heterocycles. The van der Waals surface area contributed by atoms with Gasteiger partial charge in [-0.3, -0.25) is 0 Å². The number of benzene rings is 3. The van der Waals surface area contributed by atoms with Gasteiger partial charge < -0.3 is 4.42 Å². The van der Waals surface area contributed by atoms with Gasteiger partial charge in [-0.15, -0.1) is 0 Å². The number of hydrogen-bond acceptors (Lipinski definition) is 3. The molecular formula is C25H18N2O2. The summed E-state index contributed by atoms with van der Waals surface area (Å²) < 4.78 is 7.25. The highest BCUT2D eigenvalue weighted by atomic mass is 16.4. The number of aryl methyl sites for hydroxylation is 1. The van der Waals surface area contributed by atoms with E-state index in [0.717, 1.165) is 39.0 Å². The minimum atomic E-state index is -0.345.